The minimum atomic E-state index is 0.0828. The predicted octanol–water partition coefficient (Wildman–Crippen LogP) is 2.51. The van der Waals surface area contributed by atoms with E-state index in [9.17, 15) is 0 Å². The minimum absolute atomic E-state index is 0.0828. The van der Waals surface area contributed by atoms with E-state index in [1.807, 2.05) is 11.8 Å². The third-order valence-corrected chi connectivity index (χ3v) is 3.68. The van der Waals surface area contributed by atoms with E-state index in [4.69, 9.17) is 4.74 Å². The van der Waals surface area contributed by atoms with Crippen LogP contribution in [0.4, 0.5) is 0 Å². The van der Waals surface area contributed by atoms with Gasteiger partial charge in [0.2, 0.25) is 0 Å². The summed E-state index contributed by atoms with van der Waals surface area (Å²) in [5.74, 6) is 0.613. The van der Waals surface area contributed by atoms with E-state index < -0.39 is 0 Å². The fraction of sp³-hybridized carbons (Fsp3) is 1.00. The van der Waals surface area contributed by atoms with Crippen molar-refractivity contribution in [2.75, 3.05) is 6.61 Å². The molecule has 1 saturated heterocycles. The lowest BCUT2D eigenvalue weighted by Gasteiger charge is -2.26. The van der Waals surface area contributed by atoms with Crippen LogP contribution in [-0.4, -0.2) is 16.8 Å². The van der Waals surface area contributed by atoms with E-state index in [2.05, 4.69) is 27.7 Å². The molecule has 1 aliphatic heterocycles. The Labute approximate surface area is 67.5 Å². The summed E-state index contributed by atoms with van der Waals surface area (Å²) in [7, 11) is 0. The van der Waals surface area contributed by atoms with Gasteiger partial charge in [0.25, 0.3) is 0 Å². The van der Waals surface area contributed by atoms with E-state index >= 15 is 0 Å². The lowest BCUT2D eigenvalue weighted by Crippen LogP contribution is -2.26. The second-order valence-electron chi connectivity index (χ2n) is 3.41. The molecule has 1 rings (SSSR count). The highest BCUT2D eigenvalue weighted by atomic mass is 32.2. The van der Waals surface area contributed by atoms with Crippen molar-refractivity contribution in [3.63, 3.8) is 0 Å². The van der Waals surface area contributed by atoms with E-state index in [1.165, 1.54) is 0 Å². The average Bonchev–Trinajstić information content (AvgIpc) is 2.13. The zero-order chi connectivity index (χ0) is 7.78. The van der Waals surface area contributed by atoms with E-state index in [1.54, 1.807) is 0 Å². The van der Waals surface area contributed by atoms with Gasteiger partial charge in [-0.2, -0.15) is 0 Å². The van der Waals surface area contributed by atoms with E-state index in [0.29, 0.717) is 11.2 Å². The summed E-state index contributed by atoms with van der Waals surface area (Å²) < 4.78 is 5.68. The standard InChI is InChI=1S/C8H16OS/c1-6(2)8(4)9-5-7(3)10-8/h6-7H,5H2,1-4H3/t7-,8+/m0/s1. The van der Waals surface area contributed by atoms with Crippen LogP contribution in [0.1, 0.15) is 27.7 Å². The summed E-state index contributed by atoms with van der Waals surface area (Å²) in [4.78, 5) is 0.0828. The molecule has 0 radical (unpaired) electrons. The SMILES string of the molecule is CC(C)[C@]1(C)OC[C@H](C)S1. The van der Waals surface area contributed by atoms with Gasteiger partial charge < -0.3 is 4.74 Å². The molecule has 0 saturated carbocycles. The number of rotatable bonds is 1. The lowest BCUT2D eigenvalue weighted by molar-refractivity contribution is 0.0272. The van der Waals surface area contributed by atoms with Crippen molar-refractivity contribution in [3.8, 4) is 0 Å². The lowest BCUT2D eigenvalue weighted by atomic mass is 10.1. The van der Waals surface area contributed by atoms with Gasteiger partial charge in [-0.1, -0.05) is 20.8 Å². The molecule has 0 N–H and O–H groups in total. The Bertz CT molecular complexity index is 124. The van der Waals surface area contributed by atoms with Gasteiger partial charge in [-0.25, -0.2) is 0 Å². The van der Waals surface area contributed by atoms with Gasteiger partial charge in [0.15, 0.2) is 0 Å². The van der Waals surface area contributed by atoms with Crippen LogP contribution in [-0.2, 0) is 4.74 Å². The topological polar surface area (TPSA) is 9.23 Å². The van der Waals surface area contributed by atoms with Crippen molar-refractivity contribution in [1.82, 2.24) is 0 Å². The zero-order valence-corrected chi connectivity index (χ0v) is 7.99. The number of thioether (sulfide) groups is 1. The molecule has 0 spiro atoms. The zero-order valence-electron chi connectivity index (χ0n) is 7.18. The molecule has 1 fully saturated rings. The first-order valence-corrected chi connectivity index (χ1v) is 4.74. The van der Waals surface area contributed by atoms with Gasteiger partial charge in [0, 0.05) is 5.25 Å². The summed E-state index contributed by atoms with van der Waals surface area (Å²) >= 11 is 1.95. The van der Waals surface area contributed by atoms with Gasteiger partial charge in [0.05, 0.1) is 6.61 Å². The maximum absolute atomic E-state index is 5.68. The summed E-state index contributed by atoms with van der Waals surface area (Å²) in [6.07, 6.45) is 0. The van der Waals surface area contributed by atoms with Crippen LogP contribution in [0.2, 0.25) is 0 Å². The van der Waals surface area contributed by atoms with Crippen molar-refractivity contribution < 1.29 is 4.74 Å². The fourth-order valence-corrected chi connectivity index (χ4v) is 2.40. The van der Waals surface area contributed by atoms with Crippen LogP contribution in [0.5, 0.6) is 0 Å². The smallest absolute Gasteiger partial charge is 0.113 e. The van der Waals surface area contributed by atoms with Gasteiger partial charge in [0.1, 0.15) is 4.93 Å². The first-order valence-electron chi connectivity index (χ1n) is 3.86. The van der Waals surface area contributed by atoms with Gasteiger partial charge >= 0.3 is 0 Å². The average molecular weight is 160 g/mol. The summed E-state index contributed by atoms with van der Waals surface area (Å²) in [5.41, 5.74) is 0. The molecule has 1 aliphatic rings. The molecule has 0 aromatic carbocycles. The molecule has 1 heterocycles. The van der Waals surface area contributed by atoms with Gasteiger partial charge in [-0.3, -0.25) is 0 Å². The van der Waals surface area contributed by atoms with Crippen LogP contribution in [0, 0.1) is 5.92 Å². The summed E-state index contributed by atoms with van der Waals surface area (Å²) in [6, 6.07) is 0. The van der Waals surface area contributed by atoms with E-state index in [-0.39, 0.29) is 4.93 Å². The molecule has 1 nitrogen and oxygen atoms in total. The van der Waals surface area contributed by atoms with Gasteiger partial charge in [-0.15, -0.1) is 11.8 Å². The second kappa shape index (κ2) is 2.74. The number of hydrogen-bond donors (Lipinski definition) is 0. The monoisotopic (exact) mass is 160 g/mol. The molecule has 0 bridgehead atoms. The first kappa shape index (κ1) is 8.41. The molecule has 2 heteroatoms. The highest BCUT2D eigenvalue weighted by Gasteiger charge is 2.37. The minimum Gasteiger partial charge on any atom is -0.363 e. The number of hydrogen-bond acceptors (Lipinski definition) is 2. The highest BCUT2D eigenvalue weighted by Crippen LogP contribution is 2.42. The Hall–Kier alpha value is 0.310. The van der Waals surface area contributed by atoms with Crippen LogP contribution in [0.15, 0.2) is 0 Å². The van der Waals surface area contributed by atoms with Crippen LogP contribution in [0.25, 0.3) is 0 Å². The van der Waals surface area contributed by atoms with Crippen molar-refractivity contribution in [3.05, 3.63) is 0 Å². The fourth-order valence-electron chi connectivity index (χ4n) is 1.05. The Morgan fingerprint density at radius 2 is 2.20 bits per heavy atom. The quantitative estimate of drug-likeness (QED) is 0.583. The molecule has 60 valence electrons. The third kappa shape index (κ3) is 1.48. The predicted molar refractivity (Wildman–Crippen MR) is 46.2 cm³/mol. The van der Waals surface area contributed by atoms with Crippen molar-refractivity contribution in [2.24, 2.45) is 5.92 Å². The highest BCUT2D eigenvalue weighted by molar-refractivity contribution is 8.01. The molecule has 10 heavy (non-hydrogen) atoms. The summed E-state index contributed by atoms with van der Waals surface area (Å²) in [5, 5.41) is 0.674. The molecular weight excluding hydrogens is 144 g/mol. The van der Waals surface area contributed by atoms with Crippen LogP contribution in [0.3, 0.4) is 0 Å². The molecule has 0 amide bonds. The van der Waals surface area contributed by atoms with Crippen LogP contribution < -0.4 is 0 Å². The molecule has 2 atom stereocenters. The molecular formula is C8H16OS. The molecule has 0 unspecified atom stereocenters. The molecule has 0 aromatic heterocycles. The maximum Gasteiger partial charge on any atom is 0.113 e. The largest absolute Gasteiger partial charge is 0.363 e. The Morgan fingerprint density at radius 1 is 1.60 bits per heavy atom. The maximum atomic E-state index is 5.68. The first-order chi connectivity index (χ1) is 4.54. The van der Waals surface area contributed by atoms with E-state index in [0.717, 1.165) is 6.61 Å². The van der Waals surface area contributed by atoms with Crippen LogP contribution >= 0.6 is 11.8 Å². The van der Waals surface area contributed by atoms with Crippen molar-refractivity contribution in [2.45, 2.75) is 37.9 Å². The number of ether oxygens (including phenoxy) is 1. The summed E-state index contributed by atoms with van der Waals surface area (Å²) in [6.45, 7) is 9.75. The molecule has 0 aromatic rings. The Balaban J connectivity index is 2.54. The van der Waals surface area contributed by atoms with Crippen molar-refractivity contribution >= 4 is 11.8 Å². The Kier molecular flexibility index (Phi) is 2.31. The normalized spacial score (nSPS) is 41.1. The second-order valence-corrected chi connectivity index (χ2v) is 5.26. The molecule has 0 aliphatic carbocycles. The Morgan fingerprint density at radius 3 is 2.40 bits per heavy atom. The third-order valence-electron chi connectivity index (χ3n) is 2.09. The van der Waals surface area contributed by atoms with Crippen molar-refractivity contribution in [1.29, 1.82) is 0 Å². The van der Waals surface area contributed by atoms with Gasteiger partial charge in [-0.05, 0) is 12.8 Å².